The largest absolute Gasteiger partial charge is 0.324 e. The van der Waals surface area contributed by atoms with Crippen LogP contribution in [0.1, 0.15) is 16.8 Å². The molecule has 2 aromatic rings. The average Bonchev–Trinajstić information content (AvgIpc) is 2.79. The number of rotatable bonds is 5. The van der Waals surface area contributed by atoms with Gasteiger partial charge in [0.2, 0.25) is 5.91 Å². The number of hydrogen-bond donors (Lipinski definition) is 3. The number of carbonyl (C=O) groups excluding carboxylic acids is 1. The van der Waals surface area contributed by atoms with Crippen LogP contribution in [0, 0.1) is 13.8 Å². The molecule has 0 bridgehead atoms. The van der Waals surface area contributed by atoms with Gasteiger partial charge in [0.05, 0.1) is 16.5 Å². The Morgan fingerprint density at radius 3 is 2.67 bits per heavy atom. The van der Waals surface area contributed by atoms with Crippen LogP contribution in [0.15, 0.2) is 23.0 Å². The first-order chi connectivity index (χ1) is 9.95. The quantitative estimate of drug-likeness (QED) is 0.791. The van der Waals surface area contributed by atoms with Crippen LogP contribution < -0.4 is 10.9 Å². The van der Waals surface area contributed by atoms with E-state index in [1.165, 1.54) is 17.8 Å². The van der Waals surface area contributed by atoms with E-state index >= 15 is 0 Å². The highest BCUT2D eigenvalue weighted by Gasteiger charge is 2.10. The molecule has 1 amide bonds. The Bertz CT molecular complexity index is 685. The molecule has 1 aromatic carbocycles. The normalized spacial score (nSPS) is 10.6. The zero-order chi connectivity index (χ0) is 15.4. The predicted octanol–water partition coefficient (Wildman–Crippen LogP) is 2.85. The number of amides is 1. The Labute approximate surface area is 131 Å². The Morgan fingerprint density at radius 2 is 2.05 bits per heavy atom. The predicted molar refractivity (Wildman–Crippen MR) is 87.1 cm³/mol. The minimum absolute atomic E-state index is 0.119. The maximum Gasteiger partial charge on any atom is 0.264 e. The smallest absolute Gasteiger partial charge is 0.264 e. The van der Waals surface area contributed by atoms with Crippen molar-refractivity contribution in [2.75, 3.05) is 11.1 Å². The first-order valence-corrected chi connectivity index (χ1v) is 7.90. The van der Waals surface area contributed by atoms with Crippen molar-refractivity contribution in [3.8, 4) is 0 Å². The molecule has 21 heavy (non-hydrogen) atoms. The minimum Gasteiger partial charge on any atom is -0.324 e. The Balaban J connectivity index is 1.89. The zero-order valence-corrected chi connectivity index (χ0v) is 13.3. The molecule has 0 aliphatic heterocycles. The third-order valence-electron chi connectivity index (χ3n) is 2.84. The molecule has 7 heteroatoms. The molecule has 5 nitrogen and oxygen atoms in total. The molecule has 0 atom stereocenters. The fraction of sp³-hybridized carbons (Fsp3) is 0.286. The number of aryl methyl sites for hydroxylation is 2. The van der Waals surface area contributed by atoms with Crippen molar-refractivity contribution < 1.29 is 4.79 Å². The SMILES string of the molecule is Cc1cc(C)c(NC(=O)CSCc2cc(=O)[nH][nH]2)c(Cl)c1. The summed E-state index contributed by atoms with van der Waals surface area (Å²) in [5, 5.41) is 8.57. The van der Waals surface area contributed by atoms with Crippen molar-refractivity contribution in [1.82, 2.24) is 10.2 Å². The highest BCUT2D eigenvalue weighted by atomic mass is 35.5. The monoisotopic (exact) mass is 325 g/mol. The van der Waals surface area contributed by atoms with Gasteiger partial charge in [-0.2, -0.15) is 0 Å². The van der Waals surface area contributed by atoms with Crippen LogP contribution in [-0.4, -0.2) is 21.9 Å². The van der Waals surface area contributed by atoms with Gasteiger partial charge in [-0.15, -0.1) is 11.8 Å². The van der Waals surface area contributed by atoms with Gasteiger partial charge in [0.1, 0.15) is 0 Å². The van der Waals surface area contributed by atoms with E-state index in [4.69, 9.17) is 11.6 Å². The lowest BCUT2D eigenvalue weighted by molar-refractivity contribution is -0.113. The molecular formula is C14H16ClN3O2S. The summed E-state index contributed by atoms with van der Waals surface area (Å²) in [6.45, 7) is 3.87. The number of aromatic amines is 2. The van der Waals surface area contributed by atoms with E-state index in [9.17, 15) is 9.59 Å². The summed E-state index contributed by atoms with van der Waals surface area (Å²) in [5.74, 6) is 0.732. The van der Waals surface area contributed by atoms with Crippen LogP contribution in [0.3, 0.4) is 0 Å². The van der Waals surface area contributed by atoms with Crippen molar-refractivity contribution in [3.05, 3.63) is 50.4 Å². The molecule has 112 valence electrons. The summed E-state index contributed by atoms with van der Waals surface area (Å²) in [6, 6.07) is 5.27. The molecule has 0 saturated heterocycles. The van der Waals surface area contributed by atoms with Gasteiger partial charge in [-0.05, 0) is 31.0 Å². The summed E-state index contributed by atoms with van der Waals surface area (Å²) >= 11 is 7.56. The van der Waals surface area contributed by atoms with Gasteiger partial charge in [-0.3, -0.25) is 14.7 Å². The van der Waals surface area contributed by atoms with Gasteiger partial charge >= 0.3 is 0 Å². The minimum atomic E-state index is -0.169. The third-order valence-corrected chi connectivity index (χ3v) is 4.12. The highest BCUT2D eigenvalue weighted by Crippen LogP contribution is 2.27. The third kappa shape index (κ3) is 4.41. The van der Waals surface area contributed by atoms with Crippen LogP contribution in [0.5, 0.6) is 0 Å². The van der Waals surface area contributed by atoms with Gasteiger partial charge in [0.15, 0.2) is 0 Å². The van der Waals surface area contributed by atoms with Crippen LogP contribution in [0.4, 0.5) is 5.69 Å². The first kappa shape index (κ1) is 15.7. The fourth-order valence-electron chi connectivity index (χ4n) is 1.95. The maximum absolute atomic E-state index is 11.9. The highest BCUT2D eigenvalue weighted by molar-refractivity contribution is 7.99. The van der Waals surface area contributed by atoms with Crippen molar-refractivity contribution >= 4 is 35.0 Å². The topological polar surface area (TPSA) is 77.8 Å². The molecular weight excluding hydrogens is 310 g/mol. The zero-order valence-electron chi connectivity index (χ0n) is 11.7. The molecule has 2 rings (SSSR count). The fourth-order valence-corrected chi connectivity index (χ4v) is 3.06. The maximum atomic E-state index is 11.9. The number of H-pyrrole nitrogens is 2. The number of benzene rings is 1. The number of nitrogens with one attached hydrogen (secondary N) is 3. The van der Waals surface area contributed by atoms with Crippen LogP contribution in [0.25, 0.3) is 0 Å². The van der Waals surface area contributed by atoms with Crippen molar-refractivity contribution in [3.63, 3.8) is 0 Å². The molecule has 1 aromatic heterocycles. The summed E-state index contributed by atoms with van der Waals surface area (Å²) < 4.78 is 0. The Morgan fingerprint density at radius 1 is 1.29 bits per heavy atom. The average molecular weight is 326 g/mol. The second-order valence-electron chi connectivity index (χ2n) is 4.76. The lowest BCUT2D eigenvalue weighted by atomic mass is 10.1. The van der Waals surface area contributed by atoms with Gasteiger partial charge < -0.3 is 10.4 Å². The molecule has 0 unspecified atom stereocenters. The van der Waals surface area contributed by atoms with Gasteiger partial charge in [-0.25, -0.2) is 0 Å². The van der Waals surface area contributed by atoms with E-state index in [0.717, 1.165) is 16.8 Å². The second-order valence-corrected chi connectivity index (χ2v) is 6.16. The number of halogens is 1. The molecule has 0 spiro atoms. The molecule has 0 aliphatic carbocycles. The number of aromatic nitrogens is 2. The molecule has 1 heterocycles. The van der Waals surface area contributed by atoms with E-state index in [1.807, 2.05) is 26.0 Å². The molecule has 3 N–H and O–H groups in total. The molecule has 0 radical (unpaired) electrons. The van der Waals surface area contributed by atoms with E-state index in [2.05, 4.69) is 15.5 Å². The number of thioether (sulfide) groups is 1. The van der Waals surface area contributed by atoms with E-state index in [-0.39, 0.29) is 17.2 Å². The van der Waals surface area contributed by atoms with Crippen LogP contribution >= 0.6 is 23.4 Å². The summed E-state index contributed by atoms with van der Waals surface area (Å²) in [7, 11) is 0. The number of anilines is 1. The van der Waals surface area contributed by atoms with Crippen molar-refractivity contribution in [1.29, 1.82) is 0 Å². The van der Waals surface area contributed by atoms with E-state index < -0.39 is 0 Å². The molecule has 0 fully saturated rings. The Hall–Kier alpha value is -1.66. The lowest BCUT2D eigenvalue weighted by Gasteiger charge is -2.11. The van der Waals surface area contributed by atoms with Crippen molar-refractivity contribution in [2.45, 2.75) is 19.6 Å². The lowest BCUT2D eigenvalue weighted by Crippen LogP contribution is -2.15. The number of hydrogen-bond acceptors (Lipinski definition) is 3. The summed E-state index contributed by atoms with van der Waals surface area (Å²) in [5.41, 5.74) is 3.25. The van der Waals surface area contributed by atoms with Crippen molar-refractivity contribution in [2.24, 2.45) is 0 Å². The van der Waals surface area contributed by atoms with Crippen LogP contribution in [0.2, 0.25) is 5.02 Å². The van der Waals surface area contributed by atoms with E-state index in [0.29, 0.717) is 16.5 Å². The first-order valence-electron chi connectivity index (χ1n) is 6.36. The van der Waals surface area contributed by atoms with E-state index in [1.54, 1.807) is 0 Å². The van der Waals surface area contributed by atoms with Gasteiger partial charge in [0, 0.05) is 17.5 Å². The summed E-state index contributed by atoms with van der Waals surface area (Å²) in [6.07, 6.45) is 0. The van der Waals surface area contributed by atoms with Crippen LogP contribution in [-0.2, 0) is 10.5 Å². The molecule has 0 aliphatic rings. The Kier molecular flexibility index (Phi) is 5.14. The molecule has 0 saturated carbocycles. The number of carbonyl (C=O) groups is 1. The van der Waals surface area contributed by atoms with Gasteiger partial charge in [0.25, 0.3) is 5.56 Å². The standard InChI is InChI=1S/C14H16ClN3O2S/c1-8-3-9(2)14(11(15)4-8)16-13(20)7-21-6-10-5-12(19)18-17-10/h3-5H,6-7H2,1-2H3,(H,16,20)(H2,17,18,19). The second kappa shape index (κ2) is 6.87. The van der Waals surface area contributed by atoms with Gasteiger partial charge in [-0.1, -0.05) is 17.7 Å². The summed E-state index contributed by atoms with van der Waals surface area (Å²) in [4.78, 5) is 22.9.